The molecular weight excluding hydrogens is 243 g/mol. The van der Waals surface area contributed by atoms with Crippen LogP contribution >= 0.6 is 0 Å². The molecule has 0 radical (unpaired) electrons. The molecule has 0 fully saturated rings. The average Bonchev–Trinajstić information content (AvgIpc) is 1.79. The van der Waals surface area contributed by atoms with E-state index in [0.29, 0.717) is 12.8 Å². The molecule has 0 aliphatic heterocycles. The first-order valence-electron chi connectivity index (χ1n) is 4.98. The minimum absolute atomic E-state index is 0. The van der Waals surface area contributed by atoms with Gasteiger partial charge in [-0.2, -0.15) is 0 Å². The Kier molecular flexibility index (Phi) is 17.1. The van der Waals surface area contributed by atoms with Crippen molar-refractivity contribution in [2.45, 2.75) is 65.0 Å². The van der Waals surface area contributed by atoms with E-state index in [2.05, 4.69) is 0 Å². The molecule has 5 heteroatoms. The predicted octanol–water partition coefficient (Wildman–Crippen LogP) is 0.274. The van der Waals surface area contributed by atoms with Crippen molar-refractivity contribution in [3.8, 4) is 0 Å². The average molecular weight is 267 g/mol. The van der Waals surface area contributed by atoms with Gasteiger partial charge < -0.3 is 20.4 Å². The van der Waals surface area contributed by atoms with Gasteiger partial charge in [-0.25, -0.2) is 0 Å². The van der Waals surface area contributed by atoms with Crippen molar-refractivity contribution in [2.24, 2.45) is 0 Å². The third-order valence-corrected chi connectivity index (χ3v) is 1.36. The van der Waals surface area contributed by atoms with E-state index >= 15 is 0 Å². The molecule has 4 nitrogen and oxygen atoms in total. The zero-order chi connectivity index (χ0) is 11.7. The standard InChI is InChI=1S/2C5H12O2.Ni/c2*1-4(6)3-5(2)7;/h2*4-7H,3H2,1-2H3;. The first-order chi connectivity index (χ1) is 6.25. The number of aliphatic hydroxyl groups excluding tert-OH is 4. The van der Waals surface area contributed by atoms with Gasteiger partial charge in [-0.1, -0.05) is 0 Å². The molecule has 15 heavy (non-hydrogen) atoms. The maximum Gasteiger partial charge on any atom is 0.0536 e. The molecule has 4 N–H and O–H groups in total. The van der Waals surface area contributed by atoms with E-state index in [1.165, 1.54) is 0 Å². The maximum atomic E-state index is 8.56. The van der Waals surface area contributed by atoms with Crippen LogP contribution in [0.2, 0.25) is 0 Å². The minimum atomic E-state index is -0.375. The Morgan fingerprint density at radius 1 is 0.600 bits per heavy atom. The van der Waals surface area contributed by atoms with Gasteiger partial charge in [0.2, 0.25) is 0 Å². The summed E-state index contributed by atoms with van der Waals surface area (Å²) in [5, 5.41) is 34.3. The van der Waals surface area contributed by atoms with Gasteiger partial charge in [-0.15, -0.1) is 0 Å². The van der Waals surface area contributed by atoms with Crippen LogP contribution in [0.4, 0.5) is 0 Å². The maximum absolute atomic E-state index is 8.56. The van der Waals surface area contributed by atoms with Gasteiger partial charge >= 0.3 is 0 Å². The molecule has 0 aliphatic rings. The van der Waals surface area contributed by atoms with Crippen LogP contribution in [-0.4, -0.2) is 44.8 Å². The molecule has 0 aromatic rings. The van der Waals surface area contributed by atoms with Crippen LogP contribution in [0.15, 0.2) is 0 Å². The second-order valence-electron chi connectivity index (χ2n) is 3.87. The molecule has 0 aromatic carbocycles. The molecule has 4 atom stereocenters. The summed E-state index contributed by atoms with van der Waals surface area (Å²) < 4.78 is 0. The summed E-state index contributed by atoms with van der Waals surface area (Å²) >= 11 is 0. The molecule has 0 amide bonds. The molecule has 0 aromatic heterocycles. The van der Waals surface area contributed by atoms with Gasteiger partial charge in [-0.05, 0) is 40.5 Å². The zero-order valence-corrected chi connectivity index (χ0v) is 10.8. The molecule has 98 valence electrons. The van der Waals surface area contributed by atoms with Crippen molar-refractivity contribution in [1.82, 2.24) is 0 Å². The first kappa shape index (κ1) is 20.7. The number of aliphatic hydroxyl groups is 4. The van der Waals surface area contributed by atoms with Gasteiger partial charge in [0.25, 0.3) is 0 Å². The topological polar surface area (TPSA) is 80.9 Å². The third kappa shape index (κ3) is 31.4. The Balaban J connectivity index is -0.000000180. The van der Waals surface area contributed by atoms with Crippen molar-refractivity contribution in [3.05, 3.63) is 0 Å². The summed E-state index contributed by atoms with van der Waals surface area (Å²) in [5.41, 5.74) is 0. The van der Waals surface area contributed by atoms with E-state index in [4.69, 9.17) is 20.4 Å². The summed E-state index contributed by atoms with van der Waals surface area (Å²) in [6.07, 6.45) is -0.556. The largest absolute Gasteiger partial charge is 0.393 e. The molecule has 0 spiro atoms. The normalized spacial score (nSPS) is 17.6. The van der Waals surface area contributed by atoms with Gasteiger partial charge in [0, 0.05) is 16.5 Å². The fraction of sp³-hybridized carbons (Fsp3) is 1.00. The van der Waals surface area contributed by atoms with Crippen LogP contribution in [0.3, 0.4) is 0 Å². The quantitative estimate of drug-likeness (QED) is 0.551. The van der Waals surface area contributed by atoms with E-state index in [9.17, 15) is 0 Å². The predicted molar refractivity (Wildman–Crippen MR) is 56.0 cm³/mol. The van der Waals surface area contributed by atoms with Crippen molar-refractivity contribution in [1.29, 1.82) is 0 Å². The number of rotatable bonds is 4. The minimum Gasteiger partial charge on any atom is -0.393 e. The summed E-state index contributed by atoms with van der Waals surface area (Å²) in [7, 11) is 0. The molecule has 0 saturated heterocycles. The second kappa shape index (κ2) is 12.4. The van der Waals surface area contributed by atoms with Crippen molar-refractivity contribution >= 4 is 0 Å². The Morgan fingerprint density at radius 3 is 0.733 bits per heavy atom. The van der Waals surface area contributed by atoms with E-state index in [1.807, 2.05) is 0 Å². The molecule has 4 unspecified atom stereocenters. The zero-order valence-electron chi connectivity index (χ0n) is 9.83. The Hall–Kier alpha value is 0.334. The Morgan fingerprint density at radius 2 is 0.733 bits per heavy atom. The van der Waals surface area contributed by atoms with Gasteiger partial charge in [0.1, 0.15) is 0 Å². The summed E-state index contributed by atoms with van der Waals surface area (Å²) in [4.78, 5) is 0. The van der Waals surface area contributed by atoms with Crippen molar-refractivity contribution in [3.63, 3.8) is 0 Å². The SMILES string of the molecule is CC(O)CC(C)O.CC(O)CC(C)O.[Ni]. The van der Waals surface area contributed by atoms with Crippen LogP contribution in [0.25, 0.3) is 0 Å². The molecule has 0 aliphatic carbocycles. The summed E-state index contributed by atoms with van der Waals surface area (Å²) in [5.74, 6) is 0. The van der Waals surface area contributed by atoms with Gasteiger partial charge in [0.15, 0.2) is 0 Å². The number of hydrogen-bond acceptors (Lipinski definition) is 4. The number of hydrogen-bond donors (Lipinski definition) is 4. The Labute approximate surface area is 102 Å². The molecule has 0 bridgehead atoms. The molecule has 0 rings (SSSR count). The summed E-state index contributed by atoms with van der Waals surface area (Å²) in [6.45, 7) is 6.64. The second-order valence-corrected chi connectivity index (χ2v) is 3.87. The van der Waals surface area contributed by atoms with E-state index in [0.717, 1.165) is 0 Å². The Bertz CT molecular complexity index is 90.0. The first-order valence-corrected chi connectivity index (χ1v) is 4.98. The van der Waals surface area contributed by atoms with E-state index < -0.39 is 0 Å². The third-order valence-electron chi connectivity index (χ3n) is 1.36. The fourth-order valence-electron chi connectivity index (χ4n) is 0.987. The van der Waals surface area contributed by atoms with E-state index in [1.54, 1.807) is 27.7 Å². The van der Waals surface area contributed by atoms with Gasteiger partial charge in [0.05, 0.1) is 24.4 Å². The summed E-state index contributed by atoms with van der Waals surface area (Å²) in [6, 6.07) is 0. The van der Waals surface area contributed by atoms with Gasteiger partial charge in [-0.3, -0.25) is 0 Å². The molecular formula is C10H24NiO4. The van der Waals surface area contributed by atoms with Crippen molar-refractivity contribution in [2.75, 3.05) is 0 Å². The van der Waals surface area contributed by atoms with Crippen LogP contribution in [0.1, 0.15) is 40.5 Å². The van der Waals surface area contributed by atoms with Crippen LogP contribution in [0, 0.1) is 0 Å². The fourth-order valence-corrected chi connectivity index (χ4v) is 0.987. The van der Waals surface area contributed by atoms with E-state index in [-0.39, 0.29) is 40.9 Å². The van der Waals surface area contributed by atoms with Crippen LogP contribution in [0.5, 0.6) is 0 Å². The molecule has 0 heterocycles. The van der Waals surface area contributed by atoms with Crippen LogP contribution in [-0.2, 0) is 16.5 Å². The van der Waals surface area contributed by atoms with Crippen LogP contribution < -0.4 is 0 Å². The molecule has 0 saturated carbocycles. The monoisotopic (exact) mass is 266 g/mol. The smallest absolute Gasteiger partial charge is 0.0536 e. The van der Waals surface area contributed by atoms with Crippen molar-refractivity contribution < 1.29 is 36.9 Å².